The van der Waals surface area contributed by atoms with Crippen LogP contribution in [0.1, 0.15) is 25.1 Å². The maximum absolute atomic E-state index is 13.4. The first-order valence-corrected chi connectivity index (χ1v) is 9.43. The van der Waals surface area contributed by atoms with E-state index < -0.39 is 17.6 Å². The number of aromatic amines is 1. The van der Waals surface area contributed by atoms with Crippen molar-refractivity contribution in [2.45, 2.75) is 31.8 Å². The number of imide groups is 1. The van der Waals surface area contributed by atoms with Crippen LogP contribution in [0.2, 0.25) is 0 Å². The monoisotopic (exact) mass is 384 g/mol. The van der Waals surface area contributed by atoms with Gasteiger partial charge in [0.15, 0.2) is 5.54 Å². The van der Waals surface area contributed by atoms with Crippen molar-refractivity contribution in [3.63, 3.8) is 0 Å². The molecule has 0 spiro atoms. The third kappa shape index (κ3) is 2.44. The Kier molecular flexibility index (Phi) is 4.38. The number of rotatable bonds is 5. The topological polar surface area (TPSA) is 94.7 Å². The number of fused-ring (bicyclic) bond motifs is 5. The molecule has 8 heteroatoms. The maximum atomic E-state index is 13.4. The van der Waals surface area contributed by atoms with Gasteiger partial charge in [0.25, 0.3) is 5.91 Å². The van der Waals surface area contributed by atoms with Crippen LogP contribution in [0.15, 0.2) is 24.3 Å². The number of para-hydroxylation sites is 1. The van der Waals surface area contributed by atoms with Crippen molar-refractivity contribution in [2.24, 2.45) is 0 Å². The van der Waals surface area contributed by atoms with Crippen molar-refractivity contribution >= 4 is 28.7 Å². The predicted molar refractivity (Wildman–Crippen MR) is 103 cm³/mol. The number of benzene rings is 1. The van der Waals surface area contributed by atoms with Gasteiger partial charge in [-0.2, -0.15) is 0 Å². The SMILES string of the molecule is COCCNC(=O)[C@H](C)N1C(=O)N2CCc3c([nH]c4ccccc34)[C@@]2(C)C1=O. The van der Waals surface area contributed by atoms with Gasteiger partial charge in [-0.1, -0.05) is 18.2 Å². The van der Waals surface area contributed by atoms with E-state index in [2.05, 4.69) is 10.3 Å². The molecule has 1 fully saturated rings. The highest BCUT2D eigenvalue weighted by Gasteiger charge is 2.60. The maximum Gasteiger partial charge on any atom is 0.328 e. The van der Waals surface area contributed by atoms with E-state index in [4.69, 9.17) is 4.74 Å². The molecular weight excluding hydrogens is 360 g/mol. The zero-order valence-electron chi connectivity index (χ0n) is 16.2. The number of hydrogen-bond donors (Lipinski definition) is 2. The number of hydrogen-bond acceptors (Lipinski definition) is 4. The fraction of sp³-hybridized carbons (Fsp3) is 0.450. The molecule has 2 N–H and O–H groups in total. The summed E-state index contributed by atoms with van der Waals surface area (Å²) in [4.78, 5) is 45.0. The second-order valence-electron chi connectivity index (χ2n) is 7.42. The number of methoxy groups -OCH3 is 1. The zero-order chi connectivity index (χ0) is 20.1. The molecule has 0 radical (unpaired) electrons. The Labute approximate surface area is 162 Å². The molecule has 3 heterocycles. The van der Waals surface area contributed by atoms with Gasteiger partial charge in [-0.15, -0.1) is 0 Å². The van der Waals surface area contributed by atoms with Gasteiger partial charge in [0.2, 0.25) is 5.91 Å². The lowest BCUT2D eigenvalue weighted by Gasteiger charge is -2.36. The van der Waals surface area contributed by atoms with E-state index in [-0.39, 0.29) is 11.8 Å². The van der Waals surface area contributed by atoms with Gasteiger partial charge in [-0.25, -0.2) is 9.69 Å². The summed E-state index contributed by atoms with van der Waals surface area (Å²) in [6.07, 6.45) is 0.663. The molecule has 8 nitrogen and oxygen atoms in total. The average molecular weight is 384 g/mol. The minimum absolute atomic E-state index is 0.322. The van der Waals surface area contributed by atoms with Crippen LogP contribution in [0.3, 0.4) is 0 Å². The van der Waals surface area contributed by atoms with Crippen molar-refractivity contribution in [1.82, 2.24) is 20.1 Å². The van der Waals surface area contributed by atoms with Gasteiger partial charge in [0.1, 0.15) is 6.04 Å². The van der Waals surface area contributed by atoms with Crippen LogP contribution in [-0.4, -0.2) is 65.5 Å². The summed E-state index contributed by atoms with van der Waals surface area (Å²) >= 11 is 0. The van der Waals surface area contributed by atoms with Crippen molar-refractivity contribution in [1.29, 1.82) is 0 Å². The largest absolute Gasteiger partial charge is 0.383 e. The number of carbonyl (C=O) groups excluding carboxylic acids is 3. The second kappa shape index (κ2) is 6.63. The number of nitrogens with zero attached hydrogens (tertiary/aromatic N) is 2. The molecule has 4 amide bonds. The smallest absolute Gasteiger partial charge is 0.328 e. The number of urea groups is 1. The quantitative estimate of drug-likeness (QED) is 0.601. The van der Waals surface area contributed by atoms with Crippen LogP contribution in [0.25, 0.3) is 10.9 Å². The summed E-state index contributed by atoms with van der Waals surface area (Å²) in [5, 5.41) is 3.77. The van der Waals surface area contributed by atoms with Crippen molar-refractivity contribution in [2.75, 3.05) is 26.8 Å². The van der Waals surface area contributed by atoms with Crippen LogP contribution in [0, 0.1) is 0 Å². The Morgan fingerprint density at radius 3 is 2.86 bits per heavy atom. The fourth-order valence-corrected chi connectivity index (χ4v) is 4.30. The summed E-state index contributed by atoms with van der Waals surface area (Å²) in [6.45, 7) is 4.46. The van der Waals surface area contributed by atoms with Gasteiger partial charge in [-0.05, 0) is 31.9 Å². The molecular formula is C20H24N4O4. The van der Waals surface area contributed by atoms with Crippen molar-refractivity contribution < 1.29 is 19.1 Å². The third-order valence-corrected chi connectivity index (χ3v) is 5.87. The molecule has 28 heavy (non-hydrogen) atoms. The Morgan fingerprint density at radius 1 is 1.36 bits per heavy atom. The molecule has 0 aliphatic carbocycles. The Hall–Kier alpha value is -2.87. The normalized spacial score (nSPS) is 22.4. The van der Waals surface area contributed by atoms with Crippen LogP contribution in [-0.2, 0) is 26.3 Å². The van der Waals surface area contributed by atoms with E-state index in [0.29, 0.717) is 26.1 Å². The summed E-state index contributed by atoms with van der Waals surface area (Å²) in [5.74, 6) is -0.751. The third-order valence-electron chi connectivity index (χ3n) is 5.87. The first kappa shape index (κ1) is 18.5. The zero-order valence-corrected chi connectivity index (χ0v) is 16.2. The first-order chi connectivity index (χ1) is 13.4. The lowest BCUT2D eigenvalue weighted by Crippen LogP contribution is -2.50. The number of aromatic nitrogens is 1. The van der Waals surface area contributed by atoms with Crippen molar-refractivity contribution in [3.8, 4) is 0 Å². The van der Waals surface area contributed by atoms with Gasteiger partial charge >= 0.3 is 6.03 Å². The highest BCUT2D eigenvalue weighted by molar-refractivity contribution is 6.10. The second-order valence-corrected chi connectivity index (χ2v) is 7.42. The molecule has 2 aliphatic rings. The molecule has 1 saturated heterocycles. The molecule has 148 valence electrons. The summed E-state index contributed by atoms with van der Waals surface area (Å²) < 4.78 is 4.93. The van der Waals surface area contributed by atoms with E-state index in [1.54, 1.807) is 25.9 Å². The Morgan fingerprint density at radius 2 is 2.11 bits per heavy atom. The van der Waals surface area contributed by atoms with Gasteiger partial charge in [-0.3, -0.25) is 9.59 Å². The average Bonchev–Trinajstić information content (AvgIpc) is 3.16. The fourth-order valence-electron chi connectivity index (χ4n) is 4.30. The molecule has 2 atom stereocenters. The summed E-state index contributed by atoms with van der Waals surface area (Å²) in [6, 6.07) is 6.56. The van der Waals surface area contributed by atoms with Crippen molar-refractivity contribution in [3.05, 3.63) is 35.5 Å². The van der Waals surface area contributed by atoms with E-state index in [1.165, 1.54) is 0 Å². The molecule has 0 unspecified atom stereocenters. The van der Waals surface area contributed by atoms with Crippen LogP contribution >= 0.6 is 0 Å². The minimum atomic E-state index is -1.13. The van der Waals surface area contributed by atoms with E-state index in [0.717, 1.165) is 27.1 Å². The molecule has 0 bridgehead atoms. The Bertz CT molecular complexity index is 968. The number of ether oxygens (including phenoxy) is 1. The lowest BCUT2D eigenvalue weighted by atomic mass is 9.87. The molecule has 2 aliphatic heterocycles. The minimum Gasteiger partial charge on any atom is -0.383 e. The molecule has 4 rings (SSSR count). The number of H-pyrrole nitrogens is 1. The molecule has 2 aromatic rings. The lowest BCUT2D eigenvalue weighted by molar-refractivity contribution is -0.139. The van der Waals surface area contributed by atoms with Gasteiger partial charge in [0, 0.05) is 31.1 Å². The number of nitrogens with one attached hydrogen (secondary N) is 2. The molecule has 0 saturated carbocycles. The standard InChI is InChI=1S/C20H24N4O4/c1-12(17(25)21-9-11-28-3)24-18(26)20(2)16-14(8-10-23(20)19(24)27)13-6-4-5-7-15(13)22-16/h4-7,12,22H,8-11H2,1-3H3,(H,21,25)/t12-,20-/m0/s1. The first-order valence-electron chi connectivity index (χ1n) is 9.43. The predicted octanol–water partition coefficient (Wildman–Crippen LogP) is 1.35. The summed E-state index contributed by atoms with van der Waals surface area (Å²) in [5.41, 5.74) is 1.62. The summed E-state index contributed by atoms with van der Waals surface area (Å²) in [7, 11) is 1.54. The Balaban J connectivity index is 1.70. The molecule has 1 aromatic heterocycles. The highest BCUT2D eigenvalue weighted by Crippen LogP contribution is 2.44. The van der Waals surface area contributed by atoms with E-state index in [9.17, 15) is 14.4 Å². The number of carbonyl (C=O) groups is 3. The van der Waals surface area contributed by atoms with Crippen LogP contribution < -0.4 is 5.32 Å². The van der Waals surface area contributed by atoms with Crippen LogP contribution in [0.5, 0.6) is 0 Å². The van der Waals surface area contributed by atoms with E-state index >= 15 is 0 Å². The highest BCUT2D eigenvalue weighted by atomic mass is 16.5. The number of amides is 4. The molecule has 1 aromatic carbocycles. The van der Waals surface area contributed by atoms with Gasteiger partial charge < -0.3 is 19.9 Å². The van der Waals surface area contributed by atoms with Gasteiger partial charge in [0.05, 0.1) is 12.3 Å². The van der Waals surface area contributed by atoms with E-state index in [1.807, 2.05) is 24.3 Å². The van der Waals surface area contributed by atoms with Crippen LogP contribution in [0.4, 0.5) is 4.79 Å².